The number of hydrogen-bond acceptors (Lipinski definition) is 5. The number of hydrogen-bond donors (Lipinski definition) is 2. The number of ketones is 1. The van der Waals surface area contributed by atoms with Crippen LogP contribution in [0.25, 0.3) is 28.1 Å². The number of carbonyl (C=O) groups excluding carboxylic acids is 2. The van der Waals surface area contributed by atoms with Crippen LogP contribution in [-0.4, -0.2) is 48.3 Å². The zero-order valence-corrected chi connectivity index (χ0v) is 25.7. The second kappa shape index (κ2) is 10.8. The van der Waals surface area contributed by atoms with Gasteiger partial charge in [0, 0.05) is 29.8 Å². The highest BCUT2D eigenvalue weighted by molar-refractivity contribution is 6.56. The van der Waals surface area contributed by atoms with Crippen LogP contribution in [-0.2, 0) is 20.5 Å². The van der Waals surface area contributed by atoms with Crippen molar-refractivity contribution >= 4 is 36.0 Å². The molecule has 7 nitrogen and oxygen atoms in total. The lowest BCUT2D eigenvalue weighted by Gasteiger charge is -2.32. The highest BCUT2D eigenvalue weighted by Gasteiger charge is 2.52. The van der Waals surface area contributed by atoms with E-state index in [4.69, 9.17) is 14.0 Å². The molecule has 0 atom stereocenters. The summed E-state index contributed by atoms with van der Waals surface area (Å²) in [4.78, 5) is 28.9. The number of alkyl carbamates (subject to hydrolysis) is 1. The molecule has 7 rings (SSSR count). The van der Waals surface area contributed by atoms with E-state index in [0.717, 1.165) is 46.0 Å². The number of aryl methyl sites for hydroxylation is 1. The summed E-state index contributed by atoms with van der Waals surface area (Å²) in [6, 6.07) is 22.7. The molecular formula is C36H37BN2O5. The van der Waals surface area contributed by atoms with Gasteiger partial charge in [0.1, 0.15) is 6.61 Å². The number of ether oxygens (including phenoxy) is 1. The van der Waals surface area contributed by atoms with E-state index in [1.807, 2.05) is 70.2 Å². The van der Waals surface area contributed by atoms with Crippen molar-refractivity contribution in [2.75, 3.05) is 13.2 Å². The third-order valence-electron chi connectivity index (χ3n) is 9.73. The molecule has 0 bridgehead atoms. The van der Waals surface area contributed by atoms with Crippen LogP contribution >= 0.6 is 0 Å². The molecule has 0 radical (unpaired) electrons. The Morgan fingerprint density at radius 1 is 0.977 bits per heavy atom. The van der Waals surface area contributed by atoms with Crippen LogP contribution in [0.15, 0.2) is 72.2 Å². The van der Waals surface area contributed by atoms with E-state index in [9.17, 15) is 9.59 Å². The van der Waals surface area contributed by atoms with Crippen LogP contribution in [0, 0.1) is 0 Å². The molecule has 0 spiro atoms. The molecule has 1 amide bonds. The molecule has 3 aromatic carbocycles. The maximum atomic E-state index is 13.1. The summed E-state index contributed by atoms with van der Waals surface area (Å²) in [5.74, 6) is 0.155. The van der Waals surface area contributed by atoms with Crippen LogP contribution in [0.1, 0.15) is 79.2 Å². The Balaban J connectivity index is 1.12. The largest absolute Gasteiger partial charge is 0.492 e. The molecule has 224 valence electrons. The fraction of sp³-hybridized carbons (Fsp3) is 0.333. The topological polar surface area (TPSA) is 89.7 Å². The van der Waals surface area contributed by atoms with Crippen molar-refractivity contribution in [3.63, 3.8) is 0 Å². The van der Waals surface area contributed by atoms with Crippen molar-refractivity contribution in [2.24, 2.45) is 0 Å². The summed E-state index contributed by atoms with van der Waals surface area (Å²) >= 11 is 0. The Labute approximate surface area is 258 Å². The molecule has 1 aromatic heterocycles. The third-order valence-corrected chi connectivity index (χ3v) is 9.73. The minimum absolute atomic E-state index is 0.0165. The molecule has 44 heavy (non-hydrogen) atoms. The molecule has 0 unspecified atom stereocenters. The Morgan fingerprint density at radius 3 is 2.32 bits per heavy atom. The molecule has 1 saturated heterocycles. The highest BCUT2D eigenvalue weighted by Crippen LogP contribution is 2.44. The molecule has 3 aliphatic rings. The maximum absolute atomic E-state index is 13.1. The van der Waals surface area contributed by atoms with Crippen molar-refractivity contribution in [2.45, 2.75) is 64.1 Å². The zero-order valence-electron chi connectivity index (χ0n) is 25.7. The normalized spacial score (nSPS) is 18.7. The summed E-state index contributed by atoms with van der Waals surface area (Å²) in [6.07, 6.45) is 3.84. The third kappa shape index (κ3) is 4.96. The number of aromatic amines is 1. The van der Waals surface area contributed by atoms with Gasteiger partial charge in [0.05, 0.1) is 16.9 Å². The monoisotopic (exact) mass is 588 g/mol. The van der Waals surface area contributed by atoms with E-state index in [1.54, 1.807) is 0 Å². The minimum atomic E-state index is -0.647. The number of H-pyrrole nitrogens is 1. The number of Topliss-reactive ketones (excluding diaryl/α,β-unsaturated/α-hetero) is 1. The predicted octanol–water partition coefficient (Wildman–Crippen LogP) is 7.24. The second-order valence-corrected chi connectivity index (χ2v) is 13.0. The van der Waals surface area contributed by atoms with Crippen molar-refractivity contribution in [3.05, 3.63) is 100 Å². The van der Waals surface area contributed by atoms with Gasteiger partial charge in [-0.25, -0.2) is 4.79 Å². The number of fused-ring (bicyclic) bond motifs is 6. The molecule has 1 fully saturated rings. The van der Waals surface area contributed by atoms with Crippen LogP contribution in [0.2, 0.25) is 0 Å². The predicted molar refractivity (Wildman–Crippen MR) is 173 cm³/mol. The van der Waals surface area contributed by atoms with Gasteiger partial charge in [-0.05, 0) is 91.5 Å². The summed E-state index contributed by atoms with van der Waals surface area (Å²) in [5.41, 5.74) is 8.13. The van der Waals surface area contributed by atoms with Gasteiger partial charge in [-0.1, -0.05) is 60.7 Å². The molecule has 8 heteroatoms. The molecular weight excluding hydrogens is 551 g/mol. The lowest BCUT2D eigenvalue weighted by atomic mass is 9.77. The smallest absolute Gasteiger partial charge is 0.449 e. The molecule has 0 saturated carbocycles. The van der Waals surface area contributed by atoms with Crippen molar-refractivity contribution in [1.29, 1.82) is 0 Å². The van der Waals surface area contributed by atoms with E-state index in [0.29, 0.717) is 6.42 Å². The van der Waals surface area contributed by atoms with Gasteiger partial charge in [0.15, 0.2) is 5.78 Å². The quantitative estimate of drug-likeness (QED) is 0.232. The van der Waals surface area contributed by atoms with Gasteiger partial charge in [0.25, 0.3) is 0 Å². The van der Waals surface area contributed by atoms with Gasteiger partial charge < -0.3 is 24.3 Å². The van der Waals surface area contributed by atoms with Gasteiger partial charge >= 0.3 is 13.2 Å². The SMILES string of the molecule is CC1(C)OB(C(=Cc2ccc3[nH]c4c(c3c2)CCCC4=O)CNC(=O)OCC2c3ccccc3-c3ccccc32)OC1(C)C. The first-order valence-corrected chi connectivity index (χ1v) is 15.4. The van der Waals surface area contributed by atoms with Gasteiger partial charge in [-0.3, -0.25) is 4.79 Å². The number of amides is 1. The van der Waals surface area contributed by atoms with Crippen molar-refractivity contribution < 1.29 is 23.6 Å². The van der Waals surface area contributed by atoms with E-state index in [2.05, 4.69) is 40.6 Å². The van der Waals surface area contributed by atoms with E-state index < -0.39 is 24.4 Å². The lowest BCUT2D eigenvalue weighted by molar-refractivity contribution is 0.00578. The molecule has 2 N–H and O–H groups in total. The summed E-state index contributed by atoms with van der Waals surface area (Å²) in [7, 11) is -0.647. The first kappa shape index (κ1) is 28.6. The van der Waals surface area contributed by atoms with Crippen LogP contribution in [0.4, 0.5) is 4.79 Å². The number of aromatic nitrogens is 1. The summed E-state index contributed by atoms with van der Waals surface area (Å²) in [5, 5.41) is 4.01. The molecule has 2 heterocycles. The van der Waals surface area contributed by atoms with Crippen LogP contribution in [0.5, 0.6) is 0 Å². The fourth-order valence-corrected chi connectivity index (χ4v) is 6.64. The standard InChI is InChI=1S/C36H37BN2O5/c1-35(2)36(3,4)44-37(43-35)23(18-22-16-17-31-29(19-22)28-14-9-15-32(40)33(28)39-31)20-38-34(41)42-21-30-26-12-7-5-10-24(26)25-11-6-8-13-27(25)30/h5-8,10-13,16-19,30,39H,9,14-15,20-21H2,1-4H3,(H,38,41). The Hall–Kier alpha value is -4.14. The minimum Gasteiger partial charge on any atom is -0.449 e. The fourth-order valence-electron chi connectivity index (χ4n) is 6.64. The van der Waals surface area contributed by atoms with Crippen LogP contribution < -0.4 is 5.32 Å². The molecule has 2 aliphatic carbocycles. The first-order valence-electron chi connectivity index (χ1n) is 15.4. The average molecular weight is 589 g/mol. The average Bonchev–Trinajstić information content (AvgIpc) is 3.61. The zero-order chi connectivity index (χ0) is 30.6. The lowest BCUT2D eigenvalue weighted by Crippen LogP contribution is -2.41. The van der Waals surface area contributed by atoms with E-state index >= 15 is 0 Å². The first-order chi connectivity index (χ1) is 21.1. The highest BCUT2D eigenvalue weighted by atomic mass is 16.7. The van der Waals surface area contributed by atoms with Crippen molar-refractivity contribution in [3.8, 4) is 11.1 Å². The number of nitrogens with one attached hydrogen (secondary N) is 2. The van der Waals surface area contributed by atoms with Gasteiger partial charge in [-0.2, -0.15) is 0 Å². The summed E-state index contributed by atoms with van der Waals surface area (Å²) < 4.78 is 18.6. The number of carbonyl (C=O) groups is 2. The molecule has 1 aliphatic heterocycles. The van der Waals surface area contributed by atoms with E-state index in [-0.39, 0.29) is 24.9 Å². The number of rotatable bonds is 6. The number of benzene rings is 3. The second-order valence-electron chi connectivity index (χ2n) is 13.0. The Bertz CT molecular complexity index is 1760. The van der Waals surface area contributed by atoms with Crippen molar-refractivity contribution in [1.82, 2.24) is 10.3 Å². The molecule has 4 aromatic rings. The Morgan fingerprint density at radius 2 is 1.64 bits per heavy atom. The van der Waals surface area contributed by atoms with E-state index in [1.165, 1.54) is 22.3 Å². The Kier molecular flexibility index (Phi) is 7.02. The van der Waals surface area contributed by atoms with Gasteiger partial charge in [0.2, 0.25) is 0 Å². The van der Waals surface area contributed by atoms with Gasteiger partial charge in [-0.15, -0.1) is 0 Å². The maximum Gasteiger partial charge on any atom is 0.492 e. The van der Waals surface area contributed by atoms with Crippen LogP contribution in [0.3, 0.4) is 0 Å². The summed E-state index contributed by atoms with van der Waals surface area (Å²) in [6.45, 7) is 8.48.